The van der Waals surface area contributed by atoms with E-state index in [1.165, 1.54) is 18.2 Å². The van der Waals surface area contributed by atoms with Crippen LogP contribution in [0.3, 0.4) is 0 Å². The van der Waals surface area contributed by atoms with Crippen molar-refractivity contribution >= 4 is 54.2 Å². The van der Waals surface area contributed by atoms with Crippen LogP contribution in [0.25, 0.3) is 0 Å². The van der Waals surface area contributed by atoms with Crippen molar-refractivity contribution in [3.63, 3.8) is 0 Å². The molecule has 0 aliphatic rings. The van der Waals surface area contributed by atoms with Crippen molar-refractivity contribution in [3.8, 4) is 23.0 Å². The number of nitro benzene ring substituents is 4. The summed E-state index contributed by atoms with van der Waals surface area (Å²) in [4.78, 5) is 89.9. The van der Waals surface area contributed by atoms with Crippen LogP contribution in [0.1, 0.15) is 72.6 Å². The van der Waals surface area contributed by atoms with Gasteiger partial charge in [-0.05, 0) is 87.5 Å². The van der Waals surface area contributed by atoms with E-state index in [-0.39, 0.29) is 23.9 Å². The maximum absolute atomic E-state index is 10.4. The Bertz CT molecular complexity index is 2290. The molecule has 0 unspecified atom stereocenters. The van der Waals surface area contributed by atoms with Crippen LogP contribution in [0, 0.1) is 40.5 Å². The highest BCUT2D eigenvalue weighted by molar-refractivity contribution is 5.87. The SMILES string of the molecule is CCOc1cc(C=O)ccc1O.CCOc1ccc(C=O)cc1.CCOc1ccccc1C=O.O=Cc1c([N+](=O)[O-])cccc1[N+](=O)[O-].O=Cc1ccc([N+](=O)[O-])cc1[N+](=O)[O-]. The molecule has 5 aromatic carbocycles. The largest absolute Gasteiger partial charge is 0.504 e. The van der Waals surface area contributed by atoms with E-state index in [9.17, 15) is 69.5 Å². The molecule has 5 aromatic rings. The van der Waals surface area contributed by atoms with Crippen LogP contribution in [0.15, 0.2) is 103 Å². The Labute approximate surface area is 351 Å². The lowest BCUT2D eigenvalue weighted by Crippen LogP contribution is -1.99. The zero-order chi connectivity index (χ0) is 46.6. The van der Waals surface area contributed by atoms with Gasteiger partial charge in [0.05, 0.1) is 56.7 Å². The highest BCUT2D eigenvalue weighted by atomic mass is 16.6. The summed E-state index contributed by atoms with van der Waals surface area (Å²) in [5.41, 5.74) is -1.01. The number of hydrogen-bond donors (Lipinski definition) is 1. The second kappa shape index (κ2) is 27.8. The standard InChI is InChI=1S/C9H10O3.2C9H10O2.2C7H4N2O5/c1-2-12-9-5-7(6-10)3-4-8(9)11;1-2-11-9-5-3-8(7-10)4-6-9;1-2-11-9-6-4-3-5-8(9)7-10;10-4-5-1-2-6(8(11)12)3-7(5)9(13)14;10-4-5-6(8(11)12)2-1-3-7(5)9(13)14/h3-6,11H,2H2,1H3;2*3-7H,2H2,1H3;2*1-4H. The average molecular weight is 859 g/mol. The minimum atomic E-state index is -0.837. The van der Waals surface area contributed by atoms with Gasteiger partial charge in [0.2, 0.25) is 0 Å². The molecule has 1 N–H and O–H groups in total. The summed E-state index contributed by atoms with van der Waals surface area (Å²) in [6.45, 7) is 7.34. The van der Waals surface area contributed by atoms with Crippen LogP contribution >= 0.6 is 0 Å². The van der Waals surface area contributed by atoms with E-state index in [4.69, 9.17) is 14.2 Å². The van der Waals surface area contributed by atoms with Crippen LogP contribution in [0.2, 0.25) is 0 Å². The highest BCUT2D eigenvalue weighted by Crippen LogP contribution is 2.27. The number of non-ortho nitro benzene ring substituents is 1. The van der Waals surface area contributed by atoms with E-state index in [1.807, 2.05) is 32.9 Å². The van der Waals surface area contributed by atoms with Gasteiger partial charge >= 0.3 is 0 Å². The Morgan fingerprint density at radius 3 is 1.47 bits per heavy atom. The molecule has 5 rings (SSSR count). The van der Waals surface area contributed by atoms with Gasteiger partial charge in [0, 0.05) is 29.3 Å². The fourth-order valence-corrected chi connectivity index (χ4v) is 4.43. The van der Waals surface area contributed by atoms with Crippen molar-refractivity contribution in [2.75, 3.05) is 19.8 Å². The van der Waals surface area contributed by atoms with Gasteiger partial charge in [0.15, 0.2) is 35.9 Å². The fraction of sp³-hybridized carbons (Fsp3) is 0.146. The Balaban J connectivity index is 0.000000389. The lowest BCUT2D eigenvalue weighted by atomic mass is 10.1. The van der Waals surface area contributed by atoms with Crippen molar-refractivity contribution in [3.05, 3.63) is 171 Å². The van der Waals surface area contributed by atoms with Gasteiger partial charge in [0.1, 0.15) is 24.1 Å². The topological polar surface area (TPSA) is 306 Å². The van der Waals surface area contributed by atoms with Crippen molar-refractivity contribution in [2.45, 2.75) is 20.8 Å². The number of carbonyl (C=O) groups is 5. The van der Waals surface area contributed by atoms with E-state index >= 15 is 0 Å². The first kappa shape index (κ1) is 51.3. The van der Waals surface area contributed by atoms with Crippen LogP contribution in [0.4, 0.5) is 22.7 Å². The summed E-state index contributed by atoms with van der Waals surface area (Å²) in [6.07, 6.45) is 2.71. The second-order valence-corrected chi connectivity index (χ2v) is 11.2. The van der Waals surface area contributed by atoms with Crippen molar-refractivity contribution < 1.29 is 63.0 Å². The number of phenols is 1. The first-order valence-corrected chi connectivity index (χ1v) is 17.7. The maximum Gasteiger partial charge on any atom is 0.286 e. The summed E-state index contributed by atoms with van der Waals surface area (Å²) >= 11 is 0. The van der Waals surface area contributed by atoms with Crippen LogP contribution in [-0.2, 0) is 0 Å². The molecule has 0 atom stereocenters. The molecular formula is C41H38N4O17. The van der Waals surface area contributed by atoms with Gasteiger partial charge in [-0.1, -0.05) is 12.1 Å². The quantitative estimate of drug-likeness (QED) is 0.0591. The number of benzene rings is 5. The van der Waals surface area contributed by atoms with Gasteiger partial charge in [-0.3, -0.25) is 64.4 Å². The number of nitro groups is 4. The predicted octanol–water partition coefficient (Wildman–Crippen LogP) is 8.03. The van der Waals surface area contributed by atoms with Crippen LogP contribution in [0.5, 0.6) is 23.0 Å². The molecule has 21 nitrogen and oxygen atoms in total. The summed E-state index contributed by atoms with van der Waals surface area (Å²) in [7, 11) is 0. The number of hydrogen-bond acceptors (Lipinski definition) is 17. The molecule has 324 valence electrons. The van der Waals surface area contributed by atoms with Gasteiger partial charge in [-0.15, -0.1) is 0 Å². The molecule has 0 bridgehead atoms. The zero-order valence-corrected chi connectivity index (χ0v) is 33.1. The molecule has 0 fully saturated rings. The number of phenolic OH excluding ortho intramolecular Hbond substituents is 1. The molecule has 0 aliphatic carbocycles. The molecule has 0 heterocycles. The minimum absolute atomic E-state index is 0.0578. The monoisotopic (exact) mass is 858 g/mol. The maximum atomic E-state index is 10.4. The van der Waals surface area contributed by atoms with Gasteiger partial charge < -0.3 is 19.3 Å². The smallest absolute Gasteiger partial charge is 0.286 e. The number of para-hydroxylation sites is 1. The predicted molar refractivity (Wildman–Crippen MR) is 221 cm³/mol. The van der Waals surface area contributed by atoms with Gasteiger partial charge in [-0.2, -0.15) is 0 Å². The number of aldehydes is 5. The molecular weight excluding hydrogens is 820 g/mol. The van der Waals surface area contributed by atoms with Crippen molar-refractivity contribution in [2.24, 2.45) is 0 Å². The first-order chi connectivity index (χ1) is 29.7. The van der Waals surface area contributed by atoms with Crippen molar-refractivity contribution in [1.29, 1.82) is 0 Å². The molecule has 0 aromatic heterocycles. The van der Waals surface area contributed by atoms with E-state index in [0.29, 0.717) is 54.3 Å². The Morgan fingerprint density at radius 1 is 0.484 bits per heavy atom. The number of aromatic hydroxyl groups is 1. The number of rotatable bonds is 15. The summed E-state index contributed by atoms with van der Waals surface area (Å²) in [5, 5.41) is 50.6. The Kier molecular flexibility index (Phi) is 23.0. The van der Waals surface area contributed by atoms with Crippen LogP contribution in [-0.4, -0.2) is 76.1 Å². The Hall–Kier alpha value is -8.75. The summed E-state index contributed by atoms with van der Waals surface area (Å²) in [5.74, 6) is 1.87. The third-order valence-corrected chi connectivity index (χ3v) is 7.21. The average Bonchev–Trinajstić information content (AvgIpc) is 3.28. The number of nitrogens with zero attached hydrogens (tertiary/aromatic N) is 4. The molecule has 0 saturated heterocycles. The van der Waals surface area contributed by atoms with Gasteiger partial charge in [-0.25, -0.2) is 0 Å². The second-order valence-electron chi connectivity index (χ2n) is 11.2. The minimum Gasteiger partial charge on any atom is -0.504 e. The molecule has 0 aliphatic heterocycles. The van der Waals surface area contributed by atoms with E-state index in [1.54, 1.807) is 36.4 Å². The highest BCUT2D eigenvalue weighted by Gasteiger charge is 2.23. The molecule has 21 heteroatoms. The number of ether oxygens (including phenoxy) is 3. The molecule has 0 saturated carbocycles. The fourth-order valence-electron chi connectivity index (χ4n) is 4.43. The Morgan fingerprint density at radius 2 is 1.00 bits per heavy atom. The molecule has 0 amide bonds. The lowest BCUT2D eigenvalue weighted by Gasteiger charge is -2.04. The third-order valence-electron chi connectivity index (χ3n) is 7.21. The number of carbonyl (C=O) groups excluding carboxylic acids is 5. The van der Waals surface area contributed by atoms with Crippen LogP contribution < -0.4 is 14.2 Å². The van der Waals surface area contributed by atoms with E-state index in [0.717, 1.165) is 54.7 Å². The molecule has 62 heavy (non-hydrogen) atoms. The van der Waals surface area contributed by atoms with E-state index in [2.05, 4.69) is 0 Å². The molecule has 0 spiro atoms. The van der Waals surface area contributed by atoms with Crippen molar-refractivity contribution in [1.82, 2.24) is 0 Å². The third kappa shape index (κ3) is 17.0. The first-order valence-electron chi connectivity index (χ1n) is 17.7. The van der Waals surface area contributed by atoms with Gasteiger partial charge in [0.25, 0.3) is 22.7 Å². The normalized spacial score (nSPS) is 9.34. The zero-order valence-electron chi connectivity index (χ0n) is 33.1. The van der Waals surface area contributed by atoms with E-state index < -0.39 is 48.0 Å². The summed E-state index contributed by atoms with van der Waals surface area (Å²) < 4.78 is 15.5. The lowest BCUT2D eigenvalue weighted by molar-refractivity contribution is -0.394. The molecule has 0 radical (unpaired) electrons. The summed E-state index contributed by atoms with van der Waals surface area (Å²) in [6, 6.07) is 24.8.